The molecule has 0 radical (unpaired) electrons. The second-order valence-corrected chi connectivity index (χ2v) is 14.4. The maximum atomic E-state index is 15.0. The summed E-state index contributed by atoms with van der Waals surface area (Å²) in [7, 11) is 1.68. The average molecular weight is 740 g/mol. The van der Waals surface area contributed by atoms with Crippen molar-refractivity contribution in [1.82, 2.24) is 9.80 Å². The van der Waals surface area contributed by atoms with Crippen LogP contribution in [-0.2, 0) is 28.7 Å². The van der Waals surface area contributed by atoms with Crippen LogP contribution in [0.4, 0.5) is 5.69 Å². The van der Waals surface area contributed by atoms with Crippen LogP contribution in [0.5, 0.6) is 0 Å². The zero-order valence-corrected chi connectivity index (χ0v) is 30.8. The van der Waals surface area contributed by atoms with Gasteiger partial charge in [0.1, 0.15) is 17.7 Å². The standard InChI is InChI=1S/C42H46ClN3O7/c1-5-7-18-34(48)44(4)27(3)37(29-16-12-9-13-17-29)52-41(51)35-33-23-24-42(53-33)36(35)39(49)46(32(26-47)28-14-10-8-11-15-28)38(42)40(50)45(25-6-2)31-21-19-30(43)20-22-31/h5-6,8-17,19-22,27,32-33,35-38,47H,1-2,7,18,23-26H2,3-4H3/t27-,32-,33+,35-,36-,37+,38+,42-/m1/s1. The number of fused-ring (bicyclic) bond motifs is 1. The van der Waals surface area contributed by atoms with Crippen LogP contribution in [0.15, 0.2) is 110 Å². The fourth-order valence-corrected chi connectivity index (χ4v) is 8.47. The van der Waals surface area contributed by atoms with Gasteiger partial charge in [-0.05, 0) is 61.6 Å². The fraction of sp³-hybridized carbons (Fsp3) is 0.381. The molecule has 3 aromatic carbocycles. The molecular formula is C42H46ClN3O7. The van der Waals surface area contributed by atoms with Gasteiger partial charge in [0.05, 0.1) is 36.6 Å². The summed E-state index contributed by atoms with van der Waals surface area (Å²) in [5, 5.41) is 11.4. The molecule has 1 spiro atoms. The van der Waals surface area contributed by atoms with Crippen molar-refractivity contribution in [3.63, 3.8) is 0 Å². The van der Waals surface area contributed by atoms with Crippen molar-refractivity contribution in [2.24, 2.45) is 11.8 Å². The van der Waals surface area contributed by atoms with Gasteiger partial charge in [-0.25, -0.2) is 0 Å². The minimum atomic E-state index is -1.37. The summed E-state index contributed by atoms with van der Waals surface area (Å²) >= 11 is 6.20. The number of hydrogen-bond donors (Lipinski definition) is 1. The van der Waals surface area contributed by atoms with Gasteiger partial charge in [0.2, 0.25) is 11.8 Å². The topological polar surface area (TPSA) is 117 Å². The van der Waals surface area contributed by atoms with Gasteiger partial charge in [-0.2, -0.15) is 0 Å². The second kappa shape index (κ2) is 16.1. The first-order chi connectivity index (χ1) is 25.6. The van der Waals surface area contributed by atoms with E-state index in [0.29, 0.717) is 41.1 Å². The number of benzene rings is 3. The van der Waals surface area contributed by atoms with E-state index in [1.54, 1.807) is 72.6 Å². The summed E-state index contributed by atoms with van der Waals surface area (Å²) in [6.07, 6.45) is 3.28. The van der Waals surface area contributed by atoms with Gasteiger partial charge < -0.3 is 29.3 Å². The summed E-state index contributed by atoms with van der Waals surface area (Å²) in [4.78, 5) is 62.2. The molecule has 11 heteroatoms. The van der Waals surface area contributed by atoms with E-state index in [9.17, 15) is 19.5 Å². The molecule has 1 N–H and O–H groups in total. The van der Waals surface area contributed by atoms with E-state index >= 15 is 4.79 Å². The highest BCUT2D eigenvalue weighted by molar-refractivity contribution is 6.30. The van der Waals surface area contributed by atoms with E-state index in [1.807, 2.05) is 43.3 Å². The van der Waals surface area contributed by atoms with E-state index in [-0.39, 0.29) is 18.9 Å². The number of esters is 1. The zero-order chi connectivity index (χ0) is 37.9. The lowest BCUT2D eigenvalue weighted by Crippen LogP contribution is -2.57. The van der Waals surface area contributed by atoms with Crippen molar-refractivity contribution in [3.05, 3.63) is 126 Å². The number of nitrogens with zero attached hydrogens (tertiary/aromatic N) is 3. The number of rotatable bonds is 15. The molecule has 10 nitrogen and oxygen atoms in total. The number of amides is 3. The van der Waals surface area contributed by atoms with Crippen LogP contribution in [0, 0.1) is 11.8 Å². The van der Waals surface area contributed by atoms with E-state index < -0.39 is 72.2 Å². The number of ether oxygens (including phenoxy) is 2. The molecule has 0 aliphatic carbocycles. The first-order valence-electron chi connectivity index (χ1n) is 18.0. The van der Waals surface area contributed by atoms with Crippen LogP contribution >= 0.6 is 11.6 Å². The lowest BCUT2D eigenvalue weighted by atomic mass is 9.70. The Morgan fingerprint density at radius 3 is 2.26 bits per heavy atom. The summed E-state index contributed by atoms with van der Waals surface area (Å²) in [5.74, 6) is -3.75. The lowest BCUT2D eigenvalue weighted by molar-refractivity contribution is -0.165. The van der Waals surface area contributed by atoms with Crippen molar-refractivity contribution >= 4 is 41.0 Å². The molecule has 6 rings (SSSR count). The molecule has 3 heterocycles. The molecule has 3 amide bonds. The number of anilines is 1. The number of aliphatic hydroxyl groups excluding tert-OH is 1. The maximum absolute atomic E-state index is 15.0. The predicted octanol–water partition coefficient (Wildman–Crippen LogP) is 6.06. The summed E-state index contributed by atoms with van der Waals surface area (Å²) in [6.45, 7) is 9.07. The molecule has 3 aliphatic heterocycles. The highest BCUT2D eigenvalue weighted by atomic mass is 35.5. The molecular weight excluding hydrogens is 694 g/mol. The third kappa shape index (κ3) is 7.03. The van der Waals surface area contributed by atoms with E-state index in [2.05, 4.69) is 13.2 Å². The van der Waals surface area contributed by atoms with E-state index in [1.165, 1.54) is 9.80 Å². The Balaban J connectivity index is 1.40. The molecule has 8 atom stereocenters. The fourth-order valence-electron chi connectivity index (χ4n) is 8.35. The highest BCUT2D eigenvalue weighted by Crippen LogP contribution is 2.60. The highest BCUT2D eigenvalue weighted by Gasteiger charge is 2.76. The number of hydrogen-bond acceptors (Lipinski definition) is 7. The minimum Gasteiger partial charge on any atom is -0.455 e. The number of likely N-dealkylation sites (tertiary alicyclic amines) is 1. The van der Waals surface area contributed by atoms with Gasteiger partial charge in [0, 0.05) is 30.7 Å². The second-order valence-electron chi connectivity index (χ2n) is 14.0. The van der Waals surface area contributed by atoms with Gasteiger partial charge in [-0.3, -0.25) is 19.2 Å². The number of carbonyl (C=O) groups excluding carboxylic acids is 4. The Morgan fingerprint density at radius 2 is 1.66 bits per heavy atom. The van der Waals surface area contributed by atoms with Crippen molar-refractivity contribution in [1.29, 1.82) is 0 Å². The van der Waals surface area contributed by atoms with Gasteiger partial charge in [-0.15, -0.1) is 13.2 Å². The van der Waals surface area contributed by atoms with Gasteiger partial charge >= 0.3 is 5.97 Å². The first-order valence-corrected chi connectivity index (χ1v) is 18.4. The molecule has 3 saturated heterocycles. The average Bonchev–Trinajstić information content (AvgIpc) is 3.83. The molecule has 278 valence electrons. The zero-order valence-electron chi connectivity index (χ0n) is 30.1. The van der Waals surface area contributed by atoms with E-state index in [4.69, 9.17) is 21.1 Å². The number of allylic oxidation sites excluding steroid dienone is 1. The van der Waals surface area contributed by atoms with Crippen LogP contribution in [0.1, 0.15) is 55.9 Å². The summed E-state index contributed by atoms with van der Waals surface area (Å²) in [5.41, 5.74) is 0.495. The molecule has 0 aromatic heterocycles. The molecule has 3 aliphatic rings. The quantitative estimate of drug-likeness (QED) is 0.149. The number of aliphatic hydroxyl groups is 1. The monoisotopic (exact) mass is 739 g/mol. The largest absolute Gasteiger partial charge is 0.455 e. The molecule has 0 saturated carbocycles. The maximum Gasteiger partial charge on any atom is 0.313 e. The van der Waals surface area contributed by atoms with Crippen molar-refractivity contribution in [2.75, 3.05) is 25.1 Å². The van der Waals surface area contributed by atoms with Crippen LogP contribution in [-0.4, -0.2) is 82.6 Å². The molecule has 53 heavy (non-hydrogen) atoms. The van der Waals surface area contributed by atoms with Gasteiger partial charge in [0.15, 0.2) is 0 Å². The van der Waals surface area contributed by atoms with Crippen LogP contribution in [0.25, 0.3) is 0 Å². The lowest BCUT2D eigenvalue weighted by Gasteiger charge is -2.39. The first kappa shape index (κ1) is 38.0. The van der Waals surface area contributed by atoms with Crippen LogP contribution in [0.3, 0.4) is 0 Å². The third-order valence-corrected chi connectivity index (χ3v) is 11.3. The predicted molar refractivity (Wildman–Crippen MR) is 202 cm³/mol. The van der Waals surface area contributed by atoms with Crippen molar-refractivity contribution in [2.45, 2.75) is 68.5 Å². The van der Waals surface area contributed by atoms with Gasteiger partial charge in [-0.1, -0.05) is 84.4 Å². The molecule has 2 bridgehead atoms. The molecule has 0 unspecified atom stereocenters. The normalized spacial score (nSPS) is 24.5. The minimum absolute atomic E-state index is 0.124. The van der Waals surface area contributed by atoms with Crippen LogP contribution in [0.2, 0.25) is 5.02 Å². The number of carbonyl (C=O) groups is 4. The number of likely N-dealkylation sites (N-methyl/N-ethyl adjacent to an activating group) is 1. The SMILES string of the molecule is C=CCCC(=O)N(C)[C@H](C)[C@H](OC(=O)[C@@H]1[C@@H]2CC[C@]3(O2)[C@H](C(=O)N(CC=C)c2ccc(Cl)cc2)N([C@H](CO)c2ccccc2)C(=O)[C@@H]13)c1ccccc1. The van der Waals surface area contributed by atoms with Crippen molar-refractivity contribution < 1.29 is 33.8 Å². The Kier molecular flexibility index (Phi) is 11.5. The third-order valence-electron chi connectivity index (χ3n) is 11.0. The molecule has 3 fully saturated rings. The Morgan fingerprint density at radius 1 is 1.02 bits per heavy atom. The Bertz CT molecular complexity index is 1820. The number of halogens is 1. The Hall–Kier alpha value is -4.77. The molecule has 3 aromatic rings. The van der Waals surface area contributed by atoms with Gasteiger partial charge in [0.25, 0.3) is 5.91 Å². The Labute approximate surface area is 315 Å². The van der Waals surface area contributed by atoms with E-state index in [0.717, 1.165) is 0 Å². The van der Waals surface area contributed by atoms with Crippen molar-refractivity contribution in [3.8, 4) is 0 Å². The van der Waals surface area contributed by atoms with Crippen LogP contribution < -0.4 is 4.90 Å². The smallest absolute Gasteiger partial charge is 0.313 e. The summed E-state index contributed by atoms with van der Waals surface area (Å²) < 4.78 is 13.1. The summed E-state index contributed by atoms with van der Waals surface area (Å²) in [6, 6.07) is 22.4.